The molecule has 0 bridgehead atoms. The van der Waals surface area contributed by atoms with E-state index in [0.29, 0.717) is 5.75 Å². The Bertz CT molecular complexity index is 421. The number of nitrogens with one attached hydrogen (secondary N) is 1. The lowest BCUT2D eigenvalue weighted by Crippen LogP contribution is -2.45. The first-order valence-electron chi connectivity index (χ1n) is 5.40. The smallest absolute Gasteiger partial charge is 0.321 e. The summed E-state index contributed by atoms with van der Waals surface area (Å²) >= 11 is 1.75. The lowest BCUT2D eigenvalue weighted by molar-refractivity contribution is -0.138. The van der Waals surface area contributed by atoms with E-state index < -0.39 is 5.97 Å². The normalized spacial score (nSPS) is 25.9. The first-order valence-corrected chi connectivity index (χ1v) is 6.38. The van der Waals surface area contributed by atoms with E-state index in [0.717, 1.165) is 12.8 Å². The third-order valence-corrected chi connectivity index (χ3v) is 4.79. The number of carbonyl (C=O) groups is 1. The summed E-state index contributed by atoms with van der Waals surface area (Å²) in [5.74, 6) is -0.0658. The van der Waals surface area contributed by atoms with Crippen LogP contribution in [-0.2, 0) is 17.6 Å². The zero-order chi connectivity index (χ0) is 11.2. The molecule has 84 valence electrons. The summed E-state index contributed by atoms with van der Waals surface area (Å²) in [6.45, 7) is 0. The van der Waals surface area contributed by atoms with E-state index in [1.54, 1.807) is 11.8 Å². The maximum absolute atomic E-state index is 10.9. The maximum atomic E-state index is 10.9. The van der Waals surface area contributed by atoms with Crippen molar-refractivity contribution in [3.05, 3.63) is 35.4 Å². The van der Waals surface area contributed by atoms with Crippen LogP contribution in [0.5, 0.6) is 0 Å². The number of carboxylic acids is 1. The van der Waals surface area contributed by atoms with Crippen molar-refractivity contribution >= 4 is 17.7 Å². The van der Waals surface area contributed by atoms with Crippen LogP contribution in [0.4, 0.5) is 0 Å². The van der Waals surface area contributed by atoms with Gasteiger partial charge in [-0.1, -0.05) is 24.3 Å². The Labute approximate surface area is 98.2 Å². The van der Waals surface area contributed by atoms with Gasteiger partial charge in [0.05, 0.1) is 4.87 Å². The predicted molar refractivity (Wildman–Crippen MR) is 63.6 cm³/mol. The second kappa shape index (κ2) is 3.50. The molecule has 16 heavy (non-hydrogen) atoms. The van der Waals surface area contributed by atoms with Crippen molar-refractivity contribution in [3.63, 3.8) is 0 Å². The van der Waals surface area contributed by atoms with E-state index in [4.69, 9.17) is 5.11 Å². The fraction of sp³-hybridized carbons (Fsp3) is 0.417. The molecular weight excluding hydrogens is 222 g/mol. The monoisotopic (exact) mass is 235 g/mol. The molecule has 3 rings (SSSR count). The molecule has 1 aromatic rings. The van der Waals surface area contributed by atoms with Crippen LogP contribution in [0.2, 0.25) is 0 Å². The largest absolute Gasteiger partial charge is 0.480 e. The molecule has 0 saturated carbocycles. The Kier molecular flexibility index (Phi) is 2.23. The van der Waals surface area contributed by atoms with E-state index in [-0.39, 0.29) is 10.9 Å². The first-order chi connectivity index (χ1) is 7.69. The Morgan fingerprint density at radius 3 is 2.50 bits per heavy atom. The molecule has 0 unspecified atom stereocenters. The zero-order valence-electron chi connectivity index (χ0n) is 8.77. The maximum Gasteiger partial charge on any atom is 0.321 e. The molecule has 1 aromatic carbocycles. The van der Waals surface area contributed by atoms with Crippen molar-refractivity contribution in [2.45, 2.75) is 23.8 Å². The van der Waals surface area contributed by atoms with Gasteiger partial charge in [-0.15, -0.1) is 11.8 Å². The molecule has 3 nitrogen and oxygen atoms in total. The lowest BCUT2D eigenvalue weighted by atomic mass is 10.1. The van der Waals surface area contributed by atoms with Gasteiger partial charge in [-0.3, -0.25) is 10.1 Å². The van der Waals surface area contributed by atoms with Gasteiger partial charge in [0.15, 0.2) is 0 Å². The minimum Gasteiger partial charge on any atom is -0.480 e. The molecule has 0 aromatic heterocycles. The molecule has 1 atom stereocenters. The Hall–Kier alpha value is -1.00. The van der Waals surface area contributed by atoms with E-state index >= 15 is 0 Å². The van der Waals surface area contributed by atoms with Gasteiger partial charge in [0, 0.05) is 18.6 Å². The molecule has 1 fully saturated rings. The number of aliphatic carboxylic acids is 1. The number of thioether (sulfide) groups is 1. The Morgan fingerprint density at radius 2 is 2.00 bits per heavy atom. The number of benzene rings is 1. The van der Waals surface area contributed by atoms with Crippen molar-refractivity contribution < 1.29 is 9.90 Å². The molecule has 1 heterocycles. The molecule has 2 N–H and O–H groups in total. The molecule has 0 radical (unpaired) electrons. The molecular formula is C12H13NO2S. The number of hydrogen-bond acceptors (Lipinski definition) is 3. The van der Waals surface area contributed by atoms with Crippen LogP contribution < -0.4 is 5.32 Å². The molecule has 2 aliphatic rings. The summed E-state index contributed by atoms with van der Waals surface area (Å²) in [5, 5.41) is 12.3. The van der Waals surface area contributed by atoms with Crippen molar-refractivity contribution in [1.82, 2.24) is 5.32 Å². The van der Waals surface area contributed by atoms with E-state index in [9.17, 15) is 4.79 Å². The third-order valence-electron chi connectivity index (χ3n) is 3.33. The molecule has 1 aliphatic carbocycles. The SMILES string of the molecule is O=C(O)[C@@H]1CSC2(Cc3ccccc3C2)N1. The summed E-state index contributed by atoms with van der Waals surface area (Å²) in [4.78, 5) is 10.9. The van der Waals surface area contributed by atoms with Gasteiger partial charge in [-0.05, 0) is 11.1 Å². The fourth-order valence-corrected chi connectivity index (χ4v) is 4.01. The highest BCUT2D eigenvalue weighted by atomic mass is 32.2. The summed E-state index contributed by atoms with van der Waals surface area (Å²) in [5.41, 5.74) is 2.71. The quantitative estimate of drug-likeness (QED) is 0.769. The molecule has 4 heteroatoms. The Balaban J connectivity index is 1.83. The van der Waals surface area contributed by atoms with Gasteiger partial charge in [0.25, 0.3) is 0 Å². The van der Waals surface area contributed by atoms with Crippen LogP contribution in [0.15, 0.2) is 24.3 Å². The van der Waals surface area contributed by atoms with Crippen molar-refractivity contribution in [1.29, 1.82) is 0 Å². The highest BCUT2D eigenvalue weighted by Crippen LogP contribution is 2.42. The van der Waals surface area contributed by atoms with E-state index in [2.05, 4.69) is 17.4 Å². The van der Waals surface area contributed by atoms with Gasteiger partial charge >= 0.3 is 5.97 Å². The van der Waals surface area contributed by atoms with Gasteiger partial charge in [0.1, 0.15) is 6.04 Å². The highest BCUT2D eigenvalue weighted by Gasteiger charge is 2.45. The van der Waals surface area contributed by atoms with Crippen LogP contribution in [0.1, 0.15) is 11.1 Å². The average Bonchev–Trinajstić information content (AvgIpc) is 2.82. The minimum atomic E-state index is -0.736. The van der Waals surface area contributed by atoms with Crippen LogP contribution in [0.25, 0.3) is 0 Å². The fourth-order valence-electron chi connectivity index (χ4n) is 2.56. The average molecular weight is 235 g/mol. The zero-order valence-corrected chi connectivity index (χ0v) is 9.59. The number of fused-ring (bicyclic) bond motifs is 1. The Morgan fingerprint density at radius 1 is 1.38 bits per heavy atom. The number of carboxylic acid groups (broad SMARTS) is 1. The van der Waals surface area contributed by atoms with E-state index in [1.807, 2.05) is 12.1 Å². The van der Waals surface area contributed by atoms with Gasteiger partial charge in [0.2, 0.25) is 0 Å². The van der Waals surface area contributed by atoms with Crippen molar-refractivity contribution in [2.75, 3.05) is 5.75 Å². The van der Waals surface area contributed by atoms with Crippen molar-refractivity contribution in [3.8, 4) is 0 Å². The van der Waals surface area contributed by atoms with Crippen LogP contribution >= 0.6 is 11.8 Å². The molecule has 0 amide bonds. The van der Waals surface area contributed by atoms with Crippen LogP contribution in [0.3, 0.4) is 0 Å². The summed E-state index contributed by atoms with van der Waals surface area (Å²) in [7, 11) is 0. The summed E-state index contributed by atoms with van der Waals surface area (Å²) < 4.78 is 0. The second-order valence-electron chi connectivity index (χ2n) is 4.46. The highest BCUT2D eigenvalue weighted by molar-refractivity contribution is 8.01. The number of hydrogen-bond donors (Lipinski definition) is 2. The van der Waals surface area contributed by atoms with Crippen molar-refractivity contribution in [2.24, 2.45) is 0 Å². The minimum absolute atomic E-state index is 0.0628. The standard InChI is InChI=1S/C12H13NO2S/c14-11(15)10-7-16-12(13-10)5-8-3-1-2-4-9(8)6-12/h1-4,10,13H,5-7H2,(H,14,15)/t10-/m0/s1. The number of rotatable bonds is 1. The summed E-state index contributed by atoms with van der Waals surface area (Å²) in [6.07, 6.45) is 1.88. The topological polar surface area (TPSA) is 49.3 Å². The lowest BCUT2D eigenvalue weighted by Gasteiger charge is -2.22. The molecule has 1 saturated heterocycles. The predicted octanol–water partition coefficient (Wildman–Crippen LogP) is 1.27. The van der Waals surface area contributed by atoms with Crippen LogP contribution in [-0.4, -0.2) is 27.7 Å². The first kappa shape index (κ1) is 10.2. The van der Waals surface area contributed by atoms with Gasteiger partial charge in [-0.25, -0.2) is 0 Å². The van der Waals surface area contributed by atoms with Crippen LogP contribution in [0, 0.1) is 0 Å². The van der Waals surface area contributed by atoms with Gasteiger partial charge < -0.3 is 5.11 Å². The molecule has 1 spiro atoms. The van der Waals surface area contributed by atoms with E-state index in [1.165, 1.54) is 11.1 Å². The second-order valence-corrected chi connectivity index (χ2v) is 5.87. The summed E-state index contributed by atoms with van der Waals surface area (Å²) in [6, 6.07) is 7.98. The third kappa shape index (κ3) is 1.53. The van der Waals surface area contributed by atoms with Gasteiger partial charge in [-0.2, -0.15) is 0 Å². The molecule has 1 aliphatic heterocycles.